The lowest BCUT2D eigenvalue weighted by Crippen LogP contribution is -2.33. The van der Waals surface area contributed by atoms with Gasteiger partial charge in [0.1, 0.15) is 6.54 Å². The molecule has 0 saturated carbocycles. The molecule has 0 aromatic carbocycles. The van der Waals surface area contributed by atoms with Gasteiger partial charge in [0.15, 0.2) is 0 Å². The molecule has 6 nitrogen and oxygen atoms in total. The number of nitrogens with zero attached hydrogens (tertiary/aromatic N) is 1. The van der Waals surface area contributed by atoms with Gasteiger partial charge in [-0.05, 0) is 12.1 Å². The van der Waals surface area contributed by atoms with Crippen LogP contribution in [0.15, 0.2) is 12.1 Å². The highest BCUT2D eigenvalue weighted by atomic mass is 32.1. The molecule has 0 fully saturated rings. The molecule has 7 heteroatoms. The molecule has 0 aliphatic rings. The Balaban J connectivity index is 2.95. The minimum atomic E-state index is -1.10. The van der Waals surface area contributed by atoms with Crippen LogP contribution in [0.5, 0.6) is 0 Å². The Hall–Kier alpha value is -1.89. The number of carbonyl (C=O) groups excluding carboxylic acids is 2. The summed E-state index contributed by atoms with van der Waals surface area (Å²) in [5.74, 6) is -1.74. The summed E-state index contributed by atoms with van der Waals surface area (Å²) in [7, 11) is 1.50. The fourth-order valence-corrected chi connectivity index (χ4v) is 2.19. The Morgan fingerprint density at radius 3 is 2.53 bits per heavy atom. The van der Waals surface area contributed by atoms with Crippen molar-refractivity contribution in [3.05, 3.63) is 17.0 Å². The Labute approximate surface area is 102 Å². The van der Waals surface area contributed by atoms with Crippen molar-refractivity contribution in [3.63, 3.8) is 0 Å². The number of hydrogen-bond donors (Lipinski definition) is 2. The molecular formula is C10H12N2O4S. The molecule has 2 N–H and O–H groups in total. The summed E-state index contributed by atoms with van der Waals surface area (Å²) in [6.07, 6.45) is 0. The largest absolute Gasteiger partial charge is 0.480 e. The SMILES string of the molecule is CNC(=O)c1ccc(N(CC(=O)O)C(C)=O)s1. The van der Waals surface area contributed by atoms with E-state index in [2.05, 4.69) is 5.32 Å². The van der Waals surface area contributed by atoms with Gasteiger partial charge in [0, 0.05) is 14.0 Å². The van der Waals surface area contributed by atoms with Gasteiger partial charge in [0.2, 0.25) is 5.91 Å². The monoisotopic (exact) mass is 256 g/mol. The number of amides is 2. The predicted molar refractivity (Wildman–Crippen MR) is 63.4 cm³/mol. The smallest absolute Gasteiger partial charge is 0.323 e. The highest BCUT2D eigenvalue weighted by Crippen LogP contribution is 2.26. The van der Waals surface area contributed by atoms with E-state index in [-0.39, 0.29) is 11.8 Å². The van der Waals surface area contributed by atoms with E-state index in [9.17, 15) is 14.4 Å². The first-order valence-electron chi connectivity index (χ1n) is 4.77. The number of thiophene rings is 1. The van der Waals surface area contributed by atoms with Crippen LogP contribution in [-0.4, -0.2) is 36.5 Å². The minimum absolute atomic E-state index is 0.264. The normalized spacial score (nSPS) is 9.76. The molecule has 2 amide bonds. The molecule has 17 heavy (non-hydrogen) atoms. The first-order valence-corrected chi connectivity index (χ1v) is 5.59. The molecule has 0 aliphatic heterocycles. The summed E-state index contributed by atoms with van der Waals surface area (Å²) in [5, 5.41) is 11.6. The van der Waals surface area contributed by atoms with E-state index in [4.69, 9.17) is 5.11 Å². The van der Waals surface area contributed by atoms with E-state index >= 15 is 0 Å². The van der Waals surface area contributed by atoms with Gasteiger partial charge < -0.3 is 10.4 Å². The molecule has 1 heterocycles. The standard InChI is InChI=1S/C10H12N2O4S/c1-6(13)12(5-9(14)15)8-4-3-7(17-8)10(16)11-2/h3-4H,5H2,1-2H3,(H,11,16)(H,14,15). The molecule has 0 unspecified atom stereocenters. The van der Waals surface area contributed by atoms with Crippen molar-refractivity contribution in [2.24, 2.45) is 0 Å². The summed E-state index contributed by atoms with van der Waals surface area (Å²) >= 11 is 1.07. The average Bonchev–Trinajstić information content (AvgIpc) is 2.73. The number of aliphatic carboxylic acids is 1. The molecular weight excluding hydrogens is 244 g/mol. The number of carboxylic acid groups (broad SMARTS) is 1. The van der Waals surface area contributed by atoms with Crippen LogP contribution < -0.4 is 10.2 Å². The third-order valence-electron chi connectivity index (χ3n) is 1.98. The third-order valence-corrected chi connectivity index (χ3v) is 3.09. The van der Waals surface area contributed by atoms with Crippen molar-refractivity contribution in [3.8, 4) is 0 Å². The first-order chi connectivity index (χ1) is 7.95. The topological polar surface area (TPSA) is 86.7 Å². The lowest BCUT2D eigenvalue weighted by molar-refractivity contribution is -0.136. The molecule has 1 rings (SSSR count). The van der Waals surface area contributed by atoms with Crippen LogP contribution in [0.25, 0.3) is 0 Å². The third kappa shape index (κ3) is 3.28. The summed E-state index contributed by atoms with van der Waals surface area (Å²) in [5.41, 5.74) is 0. The molecule has 1 aromatic heterocycles. The number of nitrogens with one attached hydrogen (secondary N) is 1. The minimum Gasteiger partial charge on any atom is -0.480 e. The Bertz CT molecular complexity index is 455. The van der Waals surface area contributed by atoms with Crippen molar-refractivity contribution >= 4 is 34.1 Å². The molecule has 0 radical (unpaired) electrons. The van der Waals surface area contributed by atoms with Gasteiger partial charge in [-0.3, -0.25) is 19.3 Å². The summed E-state index contributed by atoms with van der Waals surface area (Å²) in [6.45, 7) is 0.866. The number of hydrogen-bond acceptors (Lipinski definition) is 4. The highest BCUT2D eigenvalue weighted by Gasteiger charge is 2.18. The zero-order valence-electron chi connectivity index (χ0n) is 9.39. The lowest BCUT2D eigenvalue weighted by atomic mass is 10.4. The molecule has 1 aromatic rings. The van der Waals surface area contributed by atoms with E-state index in [1.54, 1.807) is 12.1 Å². The van der Waals surface area contributed by atoms with Crippen LogP contribution in [0.2, 0.25) is 0 Å². The predicted octanol–water partition coefficient (Wildman–Crippen LogP) is 0.545. The van der Waals surface area contributed by atoms with Gasteiger partial charge in [-0.1, -0.05) is 0 Å². The molecule has 0 atom stereocenters. The van der Waals surface area contributed by atoms with E-state index in [0.29, 0.717) is 9.88 Å². The molecule has 0 saturated heterocycles. The van der Waals surface area contributed by atoms with Crippen molar-refractivity contribution in [2.75, 3.05) is 18.5 Å². The van der Waals surface area contributed by atoms with Crippen LogP contribution in [0.4, 0.5) is 5.00 Å². The second kappa shape index (κ2) is 5.44. The Kier molecular flexibility index (Phi) is 4.22. The van der Waals surface area contributed by atoms with Crippen molar-refractivity contribution in [1.82, 2.24) is 5.32 Å². The number of rotatable bonds is 4. The number of anilines is 1. The number of carbonyl (C=O) groups is 3. The maximum absolute atomic E-state index is 11.3. The van der Waals surface area contributed by atoms with Gasteiger partial charge in [0.05, 0.1) is 9.88 Å². The maximum Gasteiger partial charge on any atom is 0.323 e. The average molecular weight is 256 g/mol. The second-order valence-corrected chi connectivity index (χ2v) is 4.28. The maximum atomic E-state index is 11.3. The first kappa shape index (κ1) is 13.2. The van der Waals surface area contributed by atoms with E-state index in [1.807, 2.05) is 0 Å². The van der Waals surface area contributed by atoms with Crippen LogP contribution in [0, 0.1) is 0 Å². The second-order valence-electron chi connectivity index (χ2n) is 3.22. The zero-order valence-corrected chi connectivity index (χ0v) is 10.2. The summed E-state index contributed by atoms with van der Waals surface area (Å²) in [6, 6.07) is 3.11. The van der Waals surface area contributed by atoms with Gasteiger partial charge >= 0.3 is 5.97 Å². The van der Waals surface area contributed by atoms with Crippen molar-refractivity contribution < 1.29 is 19.5 Å². The Morgan fingerprint density at radius 2 is 2.06 bits per heavy atom. The summed E-state index contributed by atoms with van der Waals surface area (Å²) in [4.78, 5) is 34.8. The zero-order chi connectivity index (χ0) is 13.0. The van der Waals surface area contributed by atoms with Gasteiger partial charge in [0.25, 0.3) is 5.91 Å². The van der Waals surface area contributed by atoms with E-state index < -0.39 is 12.5 Å². The van der Waals surface area contributed by atoms with Crippen LogP contribution in [-0.2, 0) is 9.59 Å². The van der Waals surface area contributed by atoms with Gasteiger partial charge in [-0.25, -0.2) is 0 Å². The highest BCUT2D eigenvalue weighted by molar-refractivity contribution is 7.18. The fraction of sp³-hybridized carbons (Fsp3) is 0.300. The van der Waals surface area contributed by atoms with E-state index in [1.165, 1.54) is 14.0 Å². The van der Waals surface area contributed by atoms with E-state index in [0.717, 1.165) is 16.2 Å². The number of carboxylic acids is 1. The van der Waals surface area contributed by atoms with Crippen LogP contribution in [0.1, 0.15) is 16.6 Å². The Morgan fingerprint density at radius 1 is 1.41 bits per heavy atom. The molecule has 0 spiro atoms. The van der Waals surface area contributed by atoms with Crippen molar-refractivity contribution in [1.29, 1.82) is 0 Å². The molecule has 92 valence electrons. The molecule has 0 aliphatic carbocycles. The van der Waals surface area contributed by atoms with Gasteiger partial charge in [-0.2, -0.15) is 0 Å². The fourth-order valence-electron chi connectivity index (χ4n) is 1.20. The van der Waals surface area contributed by atoms with Crippen LogP contribution in [0.3, 0.4) is 0 Å². The van der Waals surface area contributed by atoms with Gasteiger partial charge in [-0.15, -0.1) is 11.3 Å². The van der Waals surface area contributed by atoms with Crippen LogP contribution >= 0.6 is 11.3 Å². The van der Waals surface area contributed by atoms with Crippen molar-refractivity contribution in [2.45, 2.75) is 6.92 Å². The molecule has 0 bridgehead atoms. The lowest BCUT2D eigenvalue weighted by Gasteiger charge is -2.15. The summed E-state index contributed by atoms with van der Waals surface area (Å²) < 4.78 is 0. The quantitative estimate of drug-likeness (QED) is 0.823.